The van der Waals surface area contributed by atoms with Gasteiger partial charge in [0.25, 0.3) is 5.91 Å². The van der Waals surface area contributed by atoms with E-state index in [0.717, 1.165) is 22.4 Å². The van der Waals surface area contributed by atoms with E-state index in [9.17, 15) is 14.4 Å². The molecule has 4 aromatic rings. The average molecular weight is 581 g/mol. The molecule has 3 heterocycles. The van der Waals surface area contributed by atoms with Crippen LogP contribution in [0.3, 0.4) is 0 Å². The third-order valence-corrected chi connectivity index (χ3v) is 9.20. The molecule has 214 valence electrons. The lowest BCUT2D eigenvalue weighted by molar-refractivity contribution is 0.0560. The Balaban J connectivity index is 1.61. The van der Waals surface area contributed by atoms with Gasteiger partial charge in [-0.05, 0) is 42.2 Å². The number of rotatable bonds is 6. The van der Waals surface area contributed by atoms with E-state index in [1.54, 1.807) is 16.7 Å². The molecule has 1 aromatic heterocycles. The zero-order valence-corrected chi connectivity index (χ0v) is 24.6. The molecule has 3 aromatic carbocycles. The third-order valence-electron chi connectivity index (χ3n) is 8.06. The van der Waals surface area contributed by atoms with Crippen molar-refractivity contribution in [2.75, 3.05) is 13.7 Å². The van der Waals surface area contributed by atoms with Crippen molar-refractivity contribution in [2.24, 2.45) is 0 Å². The van der Waals surface area contributed by atoms with Gasteiger partial charge in [-0.1, -0.05) is 72.8 Å². The highest BCUT2D eigenvalue weighted by Crippen LogP contribution is 2.47. The number of nitrogens with zero attached hydrogens (tertiary/aromatic N) is 2. The topological polar surface area (TPSA) is 77.8 Å². The summed E-state index contributed by atoms with van der Waals surface area (Å²) in [6.45, 7) is 4.41. The lowest BCUT2D eigenvalue weighted by Crippen LogP contribution is -2.49. The van der Waals surface area contributed by atoms with Gasteiger partial charge < -0.3 is 18.9 Å². The maximum Gasteiger partial charge on any atom is 0.343 e. The van der Waals surface area contributed by atoms with E-state index < -0.39 is 11.4 Å². The van der Waals surface area contributed by atoms with Crippen molar-refractivity contribution in [1.82, 2.24) is 9.47 Å². The number of aromatic nitrogens is 1. The summed E-state index contributed by atoms with van der Waals surface area (Å²) in [4.78, 5) is 43.9. The minimum absolute atomic E-state index is 0.0685. The van der Waals surface area contributed by atoms with Gasteiger partial charge in [-0.15, -0.1) is 11.8 Å². The fourth-order valence-electron chi connectivity index (χ4n) is 5.99. The van der Waals surface area contributed by atoms with Crippen LogP contribution in [0.4, 0.5) is 0 Å². The summed E-state index contributed by atoms with van der Waals surface area (Å²) < 4.78 is 13.0. The molecule has 42 heavy (non-hydrogen) atoms. The molecule has 0 fully saturated rings. The number of ether oxygens (including phenoxy) is 2. The van der Waals surface area contributed by atoms with Crippen LogP contribution in [-0.4, -0.2) is 41.0 Å². The predicted octanol–water partition coefficient (Wildman–Crippen LogP) is 6.06. The number of hydrogen-bond donors (Lipinski definition) is 0. The number of pyridine rings is 1. The molecule has 2 atom stereocenters. The van der Waals surface area contributed by atoms with Gasteiger partial charge in [-0.25, -0.2) is 4.79 Å². The van der Waals surface area contributed by atoms with E-state index in [2.05, 4.69) is 24.3 Å². The Morgan fingerprint density at radius 2 is 1.64 bits per heavy atom. The Morgan fingerprint density at radius 1 is 0.952 bits per heavy atom. The molecule has 8 heteroatoms. The number of hydrogen-bond acceptors (Lipinski definition) is 6. The zero-order valence-electron chi connectivity index (χ0n) is 23.8. The normalized spacial score (nSPS) is 17.6. The van der Waals surface area contributed by atoms with Crippen LogP contribution in [0.25, 0.3) is 0 Å². The van der Waals surface area contributed by atoms with Crippen molar-refractivity contribution < 1.29 is 19.1 Å². The SMILES string of the molecule is COC(=O)c1cn2c(c(OCc3ccccc3)c1=O)C(=O)N(C(C)C)C[C@@H]2C1c2ccccc2CSc2ccccc21. The lowest BCUT2D eigenvalue weighted by atomic mass is 9.81. The van der Waals surface area contributed by atoms with Crippen molar-refractivity contribution in [3.63, 3.8) is 0 Å². The van der Waals surface area contributed by atoms with Crippen LogP contribution >= 0.6 is 11.8 Å². The Bertz CT molecular complexity index is 1670. The molecule has 0 aliphatic carbocycles. The maximum absolute atomic E-state index is 14.1. The summed E-state index contributed by atoms with van der Waals surface area (Å²) in [6, 6.07) is 25.7. The highest BCUT2D eigenvalue weighted by Gasteiger charge is 2.42. The second-order valence-corrected chi connectivity index (χ2v) is 11.9. The highest BCUT2D eigenvalue weighted by atomic mass is 32.2. The summed E-state index contributed by atoms with van der Waals surface area (Å²) in [7, 11) is 1.24. The number of carbonyl (C=O) groups excluding carboxylic acids is 2. The molecule has 0 radical (unpaired) electrons. The highest BCUT2D eigenvalue weighted by molar-refractivity contribution is 7.98. The number of methoxy groups -OCH3 is 1. The number of esters is 1. The van der Waals surface area contributed by atoms with Gasteiger partial charge in [0.2, 0.25) is 5.43 Å². The molecule has 0 saturated heterocycles. The maximum atomic E-state index is 14.1. The van der Waals surface area contributed by atoms with Crippen molar-refractivity contribution in [1.29, 1.82) is 0 Å². The van der Waals surface area contributed by atoms with Gasteiger partial charge in [-0.3, -0.25) is 9.59 Å². The number of fused-ring (bicyclic) bond motifs is 3. The van der Waals surface area contributed by atoms with E-state index in [1.807, 2.05) is 73.0 Å². The molecular weight excluding hydrogens is 548 g/mol. The number of amides is 1. The summed E-state index contributed by atoms with van der Waals surface area (Å²) >= 11 is 1.79. The van der Waals surface area contributed by atoms with Crippen LogP contribution in [-0.2, 0) is 17.1 Å². The summed E-state index contributed by atoms with van der Waals surface area (Å²) in [5.74, 6) is -0.543. The Labute approximate surface area is 249 Å². The minimum Gasteiger partial charge on any atom is -0.483 e. The zero-order chi connectivity index (χ0) is 29.4. The standard InChI is InChI=1S/C34H32N2O5S/c1-21(2)35-18-27(29-24-14-8-7-13-23(24)20-42-28-16-10-9-15-25(28)29)36-17-26(34(39)40-3)31(37)32(30(36)33(35)38)41-19-22-11-5-4-6-12-22/h4-17,21,27,29H,18-20H2,1-3H3/t27-,29?/m1/s1. The summed E-state index contributed by atoms with van der Waals surface area (Å²) in [6.07, 6.45) is 1.50. The number of benzene rings is 3. The molecule has 0 saturated carbocycles. The van der Waals surface area contributed by atoms with Crippen molar-refractivity contribution >= 4 is 23.6 Å². The van der Waals surface area contributed by atoms with E-state index >= 15 is 0 Å². The van der Waals surface area contributed by atoms with E-state index in [1.165, 1.54) is 23.8 Å². The fourth-order valence-corrected chi connectivity index (χ4v) is 7.10. The number of thioether (sulfide) groups is 1. The van der Waals surface area contributed by atoms with Gasteiger partial charge in [0, 0.05) is 35.3 Å². The quantitative estimate of drug-likeness (QED) is 0.258. The van der Waals surface area contributed by atoms with Crippen LogP contribution in [0, 0.1) is 0 Å². The largest absolute Gasteiger partial charge is 0.483 e. The first-order valence-corrected chi connectivity index (χ1v) is 15.0. The molecule has 0 bridgehead atoms. The van der Waals surface area contributed by atoms with E-state index in [0.29, 0.717) is 6.54 Å². The van der Waals surface area contributed by atoms with E-state index in [-0.39, 0.29) is 47.5 Å². The summed E-state index contributed by atoms with van der Waals surface area (Å²) in [5.41, 5.74) is 3.70. The Kier molecular flexibility index (Phi) is 7.64. The molecule has 0 N–H and O–H groups in total. The molecule has 7 nitrogen and oxygen atoms in total. The first kappa shape index (κ1) is 27.8. The second-order valence-electron chi connectivity index (χ2n) is 10.8. The molecule has 1 unspecified atom stereocenters. The van der Waals surface area contributed by atoms with Crippen LogP contribution in [0.15, 0.2) is 94.7 Å². The van der Waals surface area contributed by atoms with Crippen molar-refractivity contribution in [2.45, 2.75) is 49.1 Å². The van der Waals surface area contributed by atoms with Crippen molar-refractivity contribution in [3.05, 3.63) is 129 Å². The molecule has 6 rings (SSSR count). The molecular formula is C34H32N2O5S. The molecule has 2 aliphatic heterocycles. The smallest absolute Gasteiger partial charge is 0.343 e. The Morgan fingerprint density at radius 3 is 2.38 bits per heavy atom. The Hall–Kier alpha value is -4.30. The van der Waals surface area contributed by atoms with Gasteiger partial charge >= 0.3 is 5.97 Å². The number of carbonyl (C=O) groups is 2. The first-order chi connectivity index (χ1) is 20.4. The average Bonchev–Trinajstić information content (AvgIpc) is 3.17. The molecule has 0 spiro atoms. The van der Waals surface area contributed by atoms with Gasteiger partial charge in [0.1, 0.15) is 12.2 Å². The van der Waals surface area contributed by atoms with Crippen LogP contribution in [0.2, 0.25) is 0 Å². The van der Waals surface area contributed by atoms with Crippen LogP contribution < -0.4 is 10.2 Å². The molecule has 2 aliphatic rings. The fraction of sp³-hybridized carbons (Fsp3) is 0.265. The van der Waals surface area contributed by atoms with Crippen LogP contribution in [0.1, 0.15) is 68.9 Å². The van der Waals surface area contributed by atoms with Gasteiger partial charge in [-0.2, -0.15) is 0 Å². The van der Waals surface area contributed by atoms with Gasteiger partial charge in [0.05, 0.1) is 13.2 Å². The molecule has 1 amide bonds. The first-order valence-electron chi connectivity index (χ1n) is 14.0. The van der Waals surface area contributed by atoms with Gasteiger partial charge in [0.15, 0.2) is 11.4 Å². The predicted molar refractivity (Wildman–Crippen MR) is 162 cm³/mol. The lowest BCUT2D eigenvalue weighted by Gasteiger charge is -2.42. The monoisotopic (exact) mass is 580 g/mol. The minimum atomic E-state index is -0.769. The van der Waals surface area contributed by atoms with E-state index in [4.69, 9.17) is 9.47 Å². The summed E-state index contributed by atoms with van der Waals surface area (Å²) in [5, 5.41) is 0. The second kappa shape index (κ2) is 11.5. The van der Waals surface area contributed by atoms with Crippen molar-refractivity contribution in [3.8, 4) is 5.75 Å². The van der Waals surface area contributed by atoms with Crippen LogP contribution in [0.5, 0.6) is 5.75 Å². The third kappa shape index (κ3) is 4.90.